The van der Waals surface area contributed by atoms with Crippen LogP contribution in [0.4, 0.5) is 0 Å². The highest BCUT2D eigenvalue weighted by Gasteiger charge is 2.43. The van der Waals surface area contributed by atoms with Crippen molar-refractivity contribution in [1.82, 2.24) is 5.32 Å². The average molecular weight is 248 g/mol. The van der Waals surface area contributed by atoms with Crippen molar-refractivity contribution >= 4 is 18.4 Å². The minimum Gasteiger partial charge on any atom is -0.459 e. The number of esters is 1. The first-order chi connectivity index (χ1) is 6.97. The van der Waals surface area contributed by atoms with Crippen LogP contribution in [0.15, 0.2) is 0 Å². The van der Waals surface area contributed by atoms with Crippen LogP contribution in [0.1, 0.15) is 40.0 Å². The minimum atomic E-state index is -0.366. The van der Waals surface area contributed by atoms with Crippen LogP contribution in [0.25, 0.3) is 0 Å². The fraction of sp³-hybridized carbons (Fsp3) is 0.917. The largest absolute Gasteiger partial charge is 0.459 e. The molecule has 0 amide bonds. The molecule has 0 aromatic heterocycles. The summed E-state index contributed by atoms with van der Waals surface area (Å²) in [6, 6.07) is -0.0447. The first-order valence-corrected chi connectivity index (χ1v) is 5.93. The van der Waals surface area contributed by atoms with Gasteiger partial charge in [0.2, 0.25) is 0 Å². The maximum Gasteiger partial charge on any atom is 0.323 e. The van der Waals surface area contributed by atoms with Crippen molar-refractivity contribution in [1.29, 1.82) is 0 Å². The molecule has 1 saturated carbocycles. The predicted molar refractivity (Wildman–Crippen MR) is 65.7 cm³/mol. The lowest BCUT2D eigenvalue weighted by Crippen LogP contribution is -2.40. The van der Waals surface area contributed by atoms with Gasteiger partial charge in [-0.2, -0.15) is 0 Å². The number of rotatable bonds is 1. The van der Waals surface area contributed by atoms with Crippen molar-refractivity contribution in [2.75, 3.05) is 6.54 Å². The summed E-state index contributed by atoms with van der Waals surface area (Å²) in [5.41, 5.74) is -0.366. The van der Waals surface area contributed by atoms with Gasteiger partial charge >= 0.3 is 5.97 Å². The first-order valence-electron chi connectivity index (χ1n) is 5.93. The van der Waals surface area contributed by atoms with E-state index >= 15 is 0 Å². The van der Waals surface area contributed by atoms with Crippen molar-refractivity contribution < 1.29 is 9.53 Å². The van der Waals surface area contributed by atoms with Gasteiger partial charge in [0.15, 0.2) is 0 Å². The second-order valence-electron chi connectivity index (χ2n) is 5.77. The summed E-state index contributed by atoms with van der Waals surface area (Å²) in [7, 11) is 0. The molecule has 94 valence electrons. The number of hydrogen-bond acceptors (Lipinski definition) is 3. The van der Waals surface area contributed by atoms with E-state index in [0.29, 0.717) is 11.8 Å². The van der Waals surface area contributed by atoms with Crippen molar-refractivity contribution in [3.63, 3.8) is 0 Å². The van der Waals surface area contributed by atoms with Gasteiger partial charge in [-0.25, -0.2) is 0 Å². The monoisotopic (exact) mass is 247 g/mol. The van der Waals surface area contributed by atoms with Crippen molar-refractivity contribution in [2.45, 2.75) is 51.7 Å². The summed E-state index contributed by atoms with van der Waals surface area (Å²) >= 11 is 0. The molecule has 4 heteroatoms. The fourth-order valence-electron chi connectivity index (χ4n) is 2.81. The van der Waals surface area contributed by atoms with E-state index in [0.717, 1.165) is 6.54 Å². The zero-order valence-corrected chi connectivity index (χ0v) is 11.1. The SMILES string of the molecule is CC(C)(C)OC(=O)[C@H]1NC[C@@H]2CCC[C@@H]21.Cl. The van der Waals surface area contributed by atoms with E-state index in [-0.39, 0.29) is 30.0 Å². The Balaban J connectivity index is 0.00000128. The van der Waals surface area contributed by atoms with Gasteiger partial charge in [0, 0.05) is 0 Å². The predicted octanol–water partition coefficient (Wildman–Crippen LogP) is 2.14. The van der Waals surface area contributed by atoms with Crippen LogP contribution in [0.5, 0.6) is 0 Å². The third-order valence-electron chi connectivity index (χ3n) is 3.41. The molecule has 3 atom stereocenters. The maximum atomic E-state index is 11.9. The highest BCUT2D eigenvalue weighted by atomic mass is 35.5. The lowest BCUT2D eigenvalue weighted by atomic mass is 9.94. The van der Waals surface area contributed by atoms with Gasteiger partial charge in [-0.15, -0.1) is 12.4 Å². The summed E-state index contributed by atoms with van der Waals surface area (Å²) in [5.74, 6) is 1.18. The molecular weight excluding hydrogens is 226 g/mol. The third-order valence-corrected chi connectivity index (χ3v) is 3.41. The average Bonchev–Trinajstić information content (AvgIpc) is 2.57. The lowest BCUT2D eigenvalue weighted by molar-refractivity contribution is -0.158. The van der Waals surface area contributed by atoms with E-state index < -0.39 is 0 Å². The Kier molecular flexibility index (Phi) is 4.24. The van der Waals surface area contributed by atoms with E-state index in [4.69, 9.17) is 4.74 Å². The molecule has 0 bridgehead atoms. The van der Waals surface area contributed by atoms with Crippen molar-refractivity contribution in [3.8, 4) is 0 Å². The van der Waals surface area contributed by atoms with Gasteiger partial charge in [-0.3, -0.25) is 4.79 Å². The molecule has 0 spiro atoms. The van der Waals surface area contributed by atoms with E-state index in [1.54, 1.807) is 0 Å². The van der Waals surface area contributed by atoms with Crippen LogP contribution in [-0.2, 0) is 9.53 Å². The number of carbonyl (C=O) groups excluding carboxylic acids is 1. The third kappa shape index (κ3) is 2.89. The molecule has 2 aliphatic rings. The summed E-state index contributed by atoms with van der Waals surface area (Å²) in [4.78, 5) is 11.9. The number of ether oxygens (including phenoxy) is 1. The van der Waals surface area contributed by atoms with E-state index in [1.807, 2.05) is 20.8 Å². The zero-order valence-electron chi connectivity index (χ0n) is 10.3. The summed E-state index contributed by atoms with van der Waals surface area (Å²) in [5, 5.41) is 3.31. The van der Waals surface area contributed by atoms with Crippen LogP contribution in [0.2, 0.25) is 0 Å². The molecule has 0 aromatic rings. The number of fused-ring (bicyclic) bond motifs is 1. The molecule has 0 aromatic carbocycles. The molecule has 1 saturated heterocycles. The summed E-state index contributed by atoms with van der Waals surface area (Å²) in [6.07, 6.45) is 3.73. The maximum absolute atomic E-state index is 11.9. The fourth-order valence-corrected chi connectivity index (χ4v) is 2.81. The van der Waals surface area contributed by atoms with Crippen LogP contribution < -0.4 is 5.32 Å². The number of halogens is 1. The van der Waals surface area contributed by atoms with E-state index in [1.165, 1.54) is 19.3 Å². The van der Waals surface area contributed by atoms with Crippen LogP contribution >= 0.6 is 12.4 Å². The molecular formula is C12H22ClNO2. The summed E-state index contributed by atoms with van der Waals surface area (Å²) in [6.45, 7) is 6.76. The smallest absolute Gasteiger partial charge is 0.323 e. The standard InChI is InChI=1S/C12H21NO2.ClH/c1-12(2,3)15-11(14)10-9-6-4-5-8(9)7-13-10;/h8-10,13H,4-7H2,1-3H3;1H/t8-,9-,10-;/m0./s1. The minimum absolute atomic E-state index is 0. The Morgan fingerprint density at radius 3 is 2.62 bits per heavy atom. The molecule has 1 aliphatic carbocycles. The van der Waals surface area contributed by atoms with E-state index in [9.17, 15) is 4.79 Å². The molecule has 3 nitrogen and oxygen atoms in total. The highest BCUT2D eigenvalue weighted by Crippen LogP contribution is 2.38. The molecule has 16 heavy (non-hydrogen) atoms. The number of carbonyl (C=O) groups is 1. The Morgan fingerprint density at radius 1 is 1.31 bits per heavy atom. The summed E-state index contributed by atoms with van der Waals surface area (Å²) < 4.78 is 5.43. The molecule has 1 heterocycles. The van der Waals surface area contributed by atoms with Crippen molar-refractivity contribution in [3.05, 3.63) is 0 Å². The van der Waals surface area contributed by atoms with Gasteiger partial charge in [0.1, 0.15) is 11.6 Å². The molecule has 1 N–H and O–H groups in total. The van der Waals surface area contributed by atoms with Gasteiger partial charge in [-0.05, 0) is 52.0 Å². The second kappa shape index (κ2) is 4.92. The Hall–Kier alpha value is -0.280. The molecule has 2 rings (SSSR count). The molecule has 1 aliphatic heterocycles. The molecule has 0 unspecified atom stereocenters. The molecule has 2 fully saturated rings. The first kappa shape index (κ1) is 13.8. The van der Waals surface area contributed by atoms with Gasteiger partial charge in [-0.1, -0.05) is 6.42 Å². The van der Waals surface area contributed by atoms with E-state index in [2.05, 4.69) is 5.32 Å². The quantitative estimate of drug-likeness (QED) is 0.722. The van der Waals surface area contributed by atoms with Gasteiger partial charge < -0.3 is 10.1 Å². The van der Waals surface area contributed by atoms with Crippen LogP contribution in [0, 0.1) is 11.8 Å². The van der Waals surface area contributed by atoms with Gasteiger partial charge in [0.25, 0.3) is 0 Å². The zero-order chi connectivity index (χ0) is 11.1. The Bertz CT molecular complexity index is 262. The Labute approximate surface area is 104 Å². The van der Waals surface area contributed by atoms with Crippen LogP contribution in [0.3, 0.4) is 0 Å². The molecule has 0 radical (unpaired) electrons. The normalized spacial score (nSPS) is 33.1. The second-order valence-corrected chi connectivity index (χ2v) is 5.77. The topological polar surface area (TPSA) is 38.3 Å². The highest BCUT2D eigenvalue weighted by molar-refractivity contribution is 5.85. The van der Waals surface area contributed by atoms with Gasteiger partial charge in [0.05, 0.1) is 0 Å². The number of nitrogens with one attached hydrogen (secondary N) is 1. The van der Waals surface area contributed by atoms with Crippen molar-refractivity contribution in [2.24, 2.45) is 11.8 Å². The lowest BCUT2D eigenvalue weighted by Gasteiger charge is -2.24. The number of hydrogen-bond donors (Lipinski definition) is 1. The van der Waals surface area contributed by atoms with Crippen LogP contribution in [-0.4, -0.2) is 24.2 Å². The Morgan fingerprint density at radius 2 is 2.00 bits per heavy atom.